The van der Waals surface area contributed by atoms with Gasteiger partial charge in [0.2, 0.25) is 0 Å². The number of nitrogens with one attached hydrogen (secondary N) is 2. The minimum absolute atomic E-state index is 0.544. The first-order valence-electron chi connectivity index (χ1n) is 6.51. The fourth-order valence-corrected chi connectivity index (χ4v) is 2.30. The quantitative estimate of drug-likeness (QED) is 0.779. The highest BCUT2D eigenvalue weighted by molar-refractivity contribution is 6.06. The second-order valence-corrected chi connectivity index (χ2v) is 4.80. The molecule has 0 amide bonds. The highest BCUT2D eigenvalue weighted by atomic mass is 15.2. The van der Waals surface area contributed by atoms with Crippen molar-refractivity contribution in [3.63, 3.8) is 0 Å². The van der Waals surface area contributed by atoms with Gasteiger partial charge >= 0.3 is 0 Å². The van der Waals surface area contributed by atoms with Crippen molar-refractivity contribution >= 4 is 5.71 Å². The summed E-state index contributed by atoms with van der Waals surface area (Å²) < 4.78 is 0. The Morgan fingerprint density at radius 3 is 2.89 bits per heavy atom. The molecule has 1 heterocycles. The number of likely N-dealkylation sites (N-methyl/N-ethyl adjacent to an activating group) is 1. The van der Waals surface area contributed by atoms with Gasteiger partial charge in [-0.05, 0) is 44.3 Å². The first kappa shape index (κ1) is 12.8. The fourth-order valence-electron chi connectivity index (χ4n) is 2.30. The van der Waals surface area contributed by atoms with E-state index in [2.05, 4.69) is 17.3 Å². The second-order valence-electron chi connectivity index (χ2n) is 4.80. The van der Waals surface area contributed by atoms with Crippen molar-refractivity contribution in [2.45, 2.75) is 18.9 Å². The van der Waals surface area contributed by atoms with E-state index in [0.29, 0.717) is 11.8 Å². The lowest BCUT2D eigenvalue weighted by atomic mass is 10.1. The zero-order chi connectivity index (χ0) is 12.8. The Morgan fingerprint density at radius 1 is 1.44 bits per heavy atom. The zero-order valence-electron chi connectivity index (χ0n) is 10.9. The normalized spacial score (nSPS) is 20.4. The van der Waals surface area contributed by atoms with Gasteiger partial charge in [-0.3, -0.25) is 0 Å². The molecule has 0 unspecified atom stereocenters. The van der Waals surface area contributed by atoms with Crippen LogP contribution in [0.15, 0.2) is 42.6 Å². The van der Waals surface area contributed by atoms with E-state index in [1.807, 2.05) is 42.6 Å². The monoisotopic (exact) mass is 243 g/mol. The Morgan fingerprint density at radius 2 is 2.22 bits per heavy atom. The lowest BCUT2D eigenvalue weighted by Crippen LogP contribution is -2.33. The predicted molar refractivity (Wildman–Crippen MR) is 76.1 cm³/mol. The molecule has 1 aliphatic heterocycles. The lowest BCUT2D eigenvalue weighted by Gasteiger charge is -2.18. The third kappa shape index (κ3) is 3.44. The summed E-state index contributed by atoms with van der Waals surface area (Å²) in [7, 11) is 2.18. The molecule has 1 atom stereocenters. The average molecular weight is 243 g/mol. The summed E-state index contributed by atoms with van der Waals surface area (Å²) in [5.74, 6) is 0. The number of rotatable bonds is 5. The number of likely N-dealkylation sites (tertiary alicyclic amines) is 1. The lowest BCUT2D eigenvalue weighted by molar-refractivity contribution is 0.308. The Bertz CT molecular complexity index is 411. The molecule has 96 valence electrons. The van der Waals surface area contributed by atoms with Gasteiger partial charge in [-0.25, -0.2) is 0 Å². The van der Waals surface area contributed by atoms with Crippen molar-refractivity contribution < 1.29 is 0 Å². The summed E-state index contributed by atoms with van der Waals surface area (Å²) in [5, 5.41) is 11.2. The number of hydrogen-bond donors (Lipinski definition) is 2. The maximum absolute atomic E-state index is 7.92. The molecule has 2 rings (SSSR count). The highest BCUT2D eigenvalue weighted by Gasteiger charge is 2.19. The van der Waals surface area contributed by atoms with Crippen LogP contribution in [-0.4, -0.2) is 36.8 Å². The van der Waals surface area contributed by atoms with E-state index in [1.165, 1.54) is 19.4 Å². The van der Waals surface area contributed by atoms with Crippen LogP contribution in [0.3, 0.4) is 0 Å². The minimum atomic E-state index is 0.544. The van der Waals surface area contributed by atoms with Crippen molar-refractivity contribution in [2.24, 2.45) is 0 Å². The van der Waals surface area contributed by atoms with E-state index in [0.717, 1.165) is 12.1 Å². The molecule has 1 aromatic rings. The van der Waals surface area contributed by atoms with Crippen molar-refractivity contribution in [2.75, 3.05) is 20.1 Å². The van der Waals surface area contributed by atoms with Gasteiger partial charge in [0.15, 0.2) is 0 Å². The molecule has 0 radical (unpaired) electrons. The molecule has 3 heteroatoms. The fraction of sp³-hybridized carbons (Fsp3) is 0.400. The maximum Gasteiger partial charge on any atom is 0.0626 e. The van der Waals surface area contributed by atoms with E-state index in [4.69, 9.17) is 5.41 Å². The van der Waals surface area contributed by atoms with Gasteiger partial charge in [-0.1, -0.05) is 30.3 Å². The summed E-state index contributed by atoms with van der Waals surface area (Å²) in [6.45, 7) is 2.17. The summed E-state index contributed by atoms with van der Waals surface area (Å²) in [6, 6.07) is 10.4. The SMILES string of the molecule is CN1CCC[C@H]1CN/C=C\C(=N)c1ccccc1. The topological polar surface area (TPSA) is 39.1 Å². The molecule has 1 saturated heterocycles. The number of hydrogen-bond acceptors (Lipinski definition) is 3. The van der Waals surface area contributed by atoms with Crippen molar-refractivity contribution in [1.82, 2.24) is 10.2 Å². The molecule has 0 aromatic heterocycles. The largest absolute Gasteiger partial charge is 0.389 e. The molecule has 0 spiro atoms. The van der Waals surface area contributed by atoms with Gasteiger partial charge in [0, 0.05) is 12.6 Å². The van der Waals surface area contributed by atoms with Crippen LogP contribution in [0.2, 0.25) is 0 Å². The van der Waals surface area contributed by atoms with Crippen LogP contribution < -0.4 is 5.32 Å². The van der Waals surface area contributed by atoms with Crippen LogP contribution in [-0.2, 0) is 0 Å². The second kappa shape index (κ2) is 6.36. The van der Waals surface area contributed by atoms with Crippen LogP contribution in [0.5, 0.6) is 0 Å². The number of nitrogens with zero attached hydrogens (tertiary/aromatic N) is 1. The first-order valence-corrected chi connectivity index (χ1v) is 6.51. The minimum Gasteiger partial charge on any atom is -0.389 e. The molecule has 2 N–H and O–H groups in total. The molecule has 1 fully saturated rings. The molecule has 0 bridgehead atoms. The van der Waals surface area contributed by atoms with E-state index >= 15 is 0 Å². The number of allylic oxidation sites excluding steroid dienone is 1. The summed E-state index contributed by atoms with van der Waals surface area (Å²) >= 11 is 0. The maximum atomic E-state index is 7.92. The summed E-state index contributed by atoms with van der Waals surface area (Å²) in [5.41, 5.74) is 1.50. The Hall–Kier alpha value is -1.61. The van der Waals surface area contributed by atoms with Crippen molar-refractivity contribution in [3.05, 3.63) is 48.2 Å². The standard InChI is InChI=1S/C15H21N3/c1-18-11-5-8-14(18)12-17-10-9-15(16)13-6-3-2-4-7-13/h2-4,6-7,9-10,14,16-17H,5,8,11-12H2,1H3/b10-9-,16-15?/t14-/m0/s1. The van der Waals surface area contributed by atoms with Gasteiger partial charge in [-0.2, -0.15) is 0 Å². The third-order valence-corrected chi connectivity index (χ3v) is 3.48. The van der Waals surface area contributed by atoms with Crippen LogP contribution in [0.1, 0.15) is 18.4 Å². The molecular formula is C15H21N3. The van der Waals surface area contributed by atoms with Crippen molar-refractivity contribution in [3.8, 4) is 0 Å². The molecule has 3 nitrogen and oxygen atoms in total. The van der Waals surface area contributed by atoms with E-state index in [1.54, 1.807) is 0 Å². The van der Waals surface area contributed by atoms with E-state index < -0.39 is 0 Å². The summed E-state index contributed by atoms with van der Waals surface area (Å²) in [6.07, 6.45) is 6.28. The van der Waals surface area contributed by atoms with Gasteiger partial charge in [0.1, 0.15) is 0 Å². The van der Waals surface area contributed by atoms with Crippen LogP contribution in [0.25, 0.3) is 0 Å². The highest BCUT2D eigenvalue weighted by Crippen LogP contribution is 2.13. The zero-order valence-corrected chi connectivity index (χ0v) is 10.9. The smallest absolute Gasteiger partial charge is 0.0626 e. The Balaban J connectivity index is 1.76. The van der Waals surface area contributed by atoms with Crippen LogP contribution in [0.4, 0.5) is 0 Å². The van der Waals surface area contributed by atoms with Crippen LogP contribution in [0, 0.1) is 5.41 Å². The molecule has 1 aliphatic rings. The predicted octanol–water partition coefficient (Wildman–Crippen LogP) is 2.25. The third-order valence-electron chi connectivity index (χ3n) is 3.48. The number of benzene rings is 1. The first-order chi connectivity index (χ1) is 8.77. The molecular weight excluding hydrogens is 222 g/mol. The van der Waals surface area contributed by atoms with Gasteiger partial charge in [-0.15, -0.1) is 0 Å². The van der Waals surface area contributed by atoms with E-state index in [-0.39, 0.29) is 0 Å². The Kier molecular flexibility index (Phi) is 4.53. The molecule has 18 heavy (non-hydrogen) atoms. The molecule has 1 aromatic carbocycles. The van der Waals surface area contributed by atoms with Gasteiger partial charge < -0.3 is 15.6 Å². The van der Waals surface area contributed by atoms with Gasteiger partial charge in [0.25, 0.3) is 0 Å². The summed E-state index contributed by atoms with van der Waals surface area (Å²) in [4.78, 5) is 2.39. The van der Waals surface area contributed by atoms with Crippen LogP contribution >= 0.6 is 0 Å². The van der Waals surface area contributed by atoms with Gasteiger partial charge in [0.05, 0.1) is 5.71 Å². The molecule has 0 saturated carbocycles. The van der Waals surface area contributed by atoms with Crippen molar-refractivity contribution in [1.29, 1.82) is 5.41 Å². The Labute approximate surface area is 109 Å². The molecule has 0 aliphatic carbocycles. The average Bonchev–Trinajstić information content (AvgIpc) is 2.81. The van der Waals surface area contributed by atoms with E-state index in [9.17, 15) is 0 Å².